The summed E-state index contributed by atoms with van der Waals surface area (Å²) in [6.45, 7) is 5.79. The Morgan fingerprint density at radius 2 is 1.83 bits per heavy atom. The van der Waals surface area contributed by atoms with Crippen LogP contribution in [0.4, 0.5) is 0 Å². The number of aliphatic imine (C=N–C) groups is 1. The standard InChI is InChI=1S/C13H19NO4/c1-4-8-9(11(15)16)10(12(17)18)14-7-13(8,5-2)6-3/h7,10H,4-6H2,1-3H3,(H,15,16)(H,17,18). The quantitative estimate of drug-likeness (QED) is 0.785. The Balaban J connectivity index is 3.46. The van der Waals surface area contributed by atoms with Crippen LogP contribution >= 0.6 is 0 Å². The zero-order valence-electron chi connectivity index (χ0n) is 10.9. The molecule has 0 aromatic carbocycles. The number of hydrogen-bond acceptors (Lipinski definition) is 3. The number of carboxylic acid groups (broad SMARTS) is 2. The van der Waals surface area contributed by atoms with Crippen LogP contribution in [0.1, 0.15) is 40.0 Å². The van der Waals surface area contributed by atoms with Crippen LogP contribution in [0.2, 0.25) is 0 Å². The predicted octanol–water partition coefficient (Wildman–Crippen LogP) is 2.12. The van der Waals surface area contributed by atoms with Crippen LogP contribution in [0.3, 0.4) is 0 Å². The normalized spacial score (nSPS) is 22.1. The molecule has 0 aliphatic carbocycles. The third-order valence-electron chi connectivity index (χ3n) is 3.75. The van der Waals surface area contributed by atoms with Crippen LogP contribution in [-0.4, -0.2) is 34.4 Å². The van der Waals surface area contributed by atoms with Gasteiger partial charge in [0.05, 0.1) is 5.57 Å². The van der Waals surface area contributed by atoms with Gasteiger partial charge in [-0.3, -0.25) is 4.99 Å². The van der Waals surface area contributed by atoms with Crippen molar-refractivity contribution < 1.29 is 19.8 Å². The van der Waals surface area contributed by atoms with Crippen molar-refractivity contribution in [3.63, 3.8) is 0 Å². The van der Waals surface area contributed by atoms with E-state index in [-0.39, 0.29) is 5.57 Å². The molecule has 0 spiro atoms. The third-order valence-corrected chi connectivity index (χ3v) is 3.75. The lowest BCUT2D eigenvalue weighted by atomic mass is 9.70. The van der Waals surface area contributed by atoms with Gasteiger partial charge in [-0.1, -0.05) is 20.8 Å². The number of hydrogen-bond donors (Lipinski definition) is 2. The van der Waals surface area contributed by atoms with Crippen LogP contribution in [0.15, 0.2) is 16.1 Å². The van der Waals surface area contributed by atoms with Gasteiger partial charge in [-0.2, -0.15) is 0 Å². The summed E-state index contributed by atoms with van der Waals surface area (Å²) in [5, 5.41) is 18.4. The molecule has 1 atom stereocenters. The summed E-state index contributed by atoms with van der Waals surface area (Å²) in [5.41, 5.74) is 0.229. The molecule has 0 aromatic heterocycles. The topological polar surface area (TPSA) is 87.0 Å². The minimum atomic E-state index is -1.27. The molecule has 2 N–H and O–H groups in total. The third kappa shape index (κ3) is 2.17. The number of carbonyl (C=O) groups is 2. The lowest BCUT2D eigenvalue weighted by Gasteiger charge is -2.35. The van der Waals surface area contributed by atoms with Gasteiger partial charge in [0.15, 0.2) is 6.04 Å². The first kappa shape index (κ1) is 14.4. The van der Waals surface area contributed by atoms with Crippen molar-refractivity contribution in [1.82, 2.24) is 0 Å². The van der Waals surface area contributed by atoms with Crippen molar-refractivity contribution in [2.75, 3.05) is 0 Å². The molecule has 5 nitrogen and oxygen atoms in total. The van der Waals surface area contributed by atoms with Gasteiger partial charge in [0.25, 0.3) is 0 Å². The summed E-state index contributed by atoms with van der Waals surface area (Å²) >= 11 is 0. The van der Waals surface area contributed by atoms with Crippen LogP contribution in [-0.2, 0) is 9.59 Å². The van der Waals surface area contributed by atoms with Gasteiger partial charge in [-0.25, -0.2) is 9.59 Å². The van der Waals surface area contributed by atoms with E-state index in [2.05, 4.69) is 4.99 Å². The van der Waals surface area contributed by atoms with Gasteiger partial charge in [0.1, 0.15) is 0 Å². The maximum Gasteiger partial charge on any atom is 0.334 e. The second-order valence-electron chi connectivity index (χ2n) is 4.43. The number of dihydropyridines is 1. The Morgan fingerprint density at radius 1 is 1.28 bits per heavy atom. The summed E-state index contributed by atoms with van der Waals surface area (Å²) in [6.07, 6.45) is 3.61. The van der Waals surface area contributed by atoms with E-state index in [0.717, 1.165) is 12.8 Å². The van der Waals surface area contributed by atoms with Gasteiger partial charge >= 0.3 is 11.9 Å². The lowest BCUT2D eigenvalue weighted by Crippen LogP contribution is -2.37. The van der Waals surface area contributed by atoms with E-state index in [1.165, 1.54) is 0 Å². The highest BCUT2D eigenvalue weighted by atomic mass is 16.4. The van der Waals surface area contributed by atoms with Crippen molar-refractivity contribution in [2.24, 2.45) is 10.4 Å². The molecule has 1 unspecified atom stereocenters. The molecule has 1 aliphatic heterocycles. The SMILES string of the molecule is CCC1=C(C(=O)O)C(C(=O)O)N=CC1(CC)CC. The van der Waals surface area contributed by atoms with Crippen molar-refractivity contribution in [2.45, 2.75) is 46.1 Å². The fraction of sp³-hybridized carbons (Fsp3) is 0.615. The van der Waals surface area contributed by atoms with E-state index in [0.29, 0.717) is 12.0 Å². The lowest BCUT2D eigenvalue weighted by molar-refractivity contribution is -0.141. The Kier molecular flexibility index (Phi) is 4.27. The molecule has 0 fully saturated rings. The fourth-order valence-electron chi connectivity index (χ4n) is 2.64. The van der Waals surface area contributed by atoms with Crippen molar-refractivity contribution >= 4 is 18.2 Å². The van der Waals surface area contributed by atoms with Crippen molar-refractivity contribution in [1.29, 1.82) is 0 Å². The Labute approximate surface area is 106 Å². The summed E-state index contributed by atoms with van der Waals surface area (Å²) in [7, 11) is 0. The van der Waals surface area contributed by atoms with Crippen LogP contribution in [0, 0.1) is 5.41 Å². The van der Waals surface area contributed by atoms with Crippen LogP contribution < -0.4 is 0 Å². The maximum atomic E-state index is 11.4. The summed E-state index contributed by atoms with van der Waals surface area (Å²) in [5.74, 6) is -2.39. The molecule has 5 heteroatoms. The number of rotatable bonds is 5. The van der Waals surface area contributed by atoms with E-state index < -0.39 is 23.4 Å². The van der Waals surface area contributed by atoms with E-state index in [1.807, 2.05) is 20.8 Å². The molecule has 100 valence electrons. The largest absolute Gasteiger partial charge is 0.479 e. The Hall–Kier alpha value is -1.65. The molecule has 1 aliphatic rings. The predicted molar refractivity (Wildman–Crippen MR) is 67.9 cm³/mol. The van der Waals surface area contributed by atoms with Gasteiger partial charge < -0.3 is 10.2 Å². The minimum absolute atomic E-state index is 0.0591. The Bertz CT molecular complexity index is 419. The highest BCUT2D eigenvalue weighted by Crippen LogP contribution is 2.41. The number of carboxylic acids is 2. The smallest absolute Gasteiger partial charge is 0.334 e. The molecule has 1 rings (SSSR count). The van der Waals surface area contributed by atoms with Crippen LogP contribution in [0.5, 0.6) is 0 Å². The van der Waals surface area contributed by atoms with E-state index in [1.54, 1.807) is 6.21 Å². The summed E-state index contributed by atoms with van der Waals surface area (Å²) in [6, 6.07) is -1.27. The van der Waals surface area contributed by atoms with Gasteiger partial charge in [-0.15, -0.1) is 0 Å². The molecule has 0 saturated carbocycles. The van der Waals surface area contributed by atoms with Crippen molar-refractivity contribution in [3.8, 4) is 0 Å². The van der Waals surface area contributed by atoms with Gasteiger partial charge in [-0.05, 0) is 24.8 Å². The molecular weight excluding hydrogens is 234 g/mol. The summed E-state index contributed by atoms with van der Waals surface area (Å²) < 4.78 is 0. The first-order chi connectivity index (χ1) is 8.43. The zero-order chi connectivity index (χ0) is 13.9. The van der Waals surface area contributed by atoms with Gasteiger partial charge in [0.2, 0.25) is 0 Å². The second-order valence-corrected chi connectivity index (χ2v) is 4.43. The van der Waals surface area contributed by atoms with Crippen molar-refractivity contribution in [3.05, 3.63) is 11.1 Å². The number of aliphatic carboxylic acids is 2. The molecule has 0 saturated heterocycles. The highest BCUT2D eigenvalue weighted by Gasteiger charge is 2.41. The molecule has 0 aromatic rings. The average Bonchev–Trinajstić information content (AvgIpc) is 2.36. The zero-order valence-corrected chi connectivity index (χ0v) is 10.9. The van der Waals surface area contributed by atoms with E-state index in [9.17, 15) is 14.7 Å². The molecule has 1 heterocycles. The maximum absolute atomic E-state index is 11.4. The van der Waals surface area contributed by atoms with Crippen LogP contribution in [0.25, 0.3) is 0 Å². The van der Waals surface area contributed by atoms with Gasteiger partial charge in [0, 0.05) is 11.6 Å². The number of allylic oxidation sites excluding steroid dienone is 1. The number of nitrogens with zero attached hydrogens (tertiary/aromatic N) is 1. The minimum Gasteiger partial charge on any atom is -0.479 e. The van der Waals surface area contributed by atoms with E-state index in [4.69, 9.17) is 5.11 Å². The monoisotopic (exact) mass is 253 g/mol. The first-order valence-corrected chi connectivity index (χ1v) is 6.17. The second kappa shape index (κ2) is 5.33. The Morgan fingerprint density at radius 3 is 2.17 bits per heavy atom. The highest BCUT2D eigenvalue weighted by molar-refractivity contribution is 6.00. The molecule has 18 heavy (non-hydrogen) atoms. The summed E-state index contributed by atoms with van der Waals surface area (Å²) in [4.78, 5) is 26.4. The van der Waals surface area contributed by atoms with E-state index >= 15 is 0 Å². The molecular formula is C13H19NO4. The first-order valence-electron chi connectivity index (χ1n) is 6.17. The fourth-order valence-corrected chi connectivity index (χ4v) is 2.64. The average molecular weight is 253 g/mol. The molecule has 0 radical (unpaired) electrons. The molecule has 0 bridgehead atoms. The molecule has 0 amide bonds.